The van der Waals surface area contributed by atoms with Gasteiger partial charge in [-0.25, -0.2) is 0 Å². The lowest BCUT2D eigenvalue weighted by atomic mass is 10.0. The number of hydrogen-bond acceptors (Lipinski definition) is 5. The molecule has 0 saturated carbocycles. The van der Waals surface area contributed by atoms with Gasteiger partial charge < -0.3 is 24.3 Å². The fraction of sp³-hybridized carbons (Fsp3) is 1.00. The topological polar surface area (TPSA) is 49.0 Å². The van der Waals surface area contributed by atoms with Crippen LogP contribution in [0.3, 0.4) is 0 Å². The monoisotopic (exact) mass is 485 g/mol. The highest BCUT2D eigenvalue weighted by Crippen LogP contribution is 2.13. The van der Waals surface area contributed by atoms with Crippen LogP contribution in [0.2, 0.25) is 0 Å². The standard InChI is InChI=1S/C29H59NO4/c1-2-3-4-5-6-7-8-9-10-11-12-13-14-15-16-17-22-31-23-24-32-25-26-33-27-28-34-29-18-20-30-21-19-29/h29-30H,2-28H2,1H3. The summed E-state index contributed by atoms with van der Waals surface area (Å²) >= 11 is 0. The highest BCUT2D eigenvalue weighted by molar-refractivity contribution is 4.67. The lowest BCUT2D eigenvalue weighted by molar-refractivity contribution is -0.0252. The summed E-state index contributed by atoms with van der Waals surface area (Å²) < 4.78 is 22.6. The molecule has 0 aromatic carbocycles. The second kappa shape index (κ2) is 27.4. The van der Waals surface area contributed by atoms with E-state index in [1.165, 1.54) is 103 Å². The lowest BCUT2D eigenvalue weighted by Gasteiger charge is -2.22. The van der Waals surface area contributed by atoms with Crippen molar-refractivity contribution >= 4 is 0 Å². The van der Waals surface area contributed by atoms with Crippen LogP contribution in [0.4, 0.5) is 0 Å². The molecule has 0 atom stereocenters. The molecular weight excluding hydrogens is 426 g/mol. The van der Waals surface area contributed by atoms with Gasteiger partial charge in [0.05, 0.1) is 45.7 Å². The van der Waals surface area contributed by atoms with Gasteiger partial charge in [0, 0.05) is 6.61 Å². The number of unbranched alkanes of at least 4 members (excludes halogenated alkanes) is 15. The van der Waals surface area contributed by atoms with Crippen LogP contribution in [-0.4, -0.2) is 65.4 Å². The Morgan fingerprint density at radius 3 is 1.32 bits per heavy atom. The van der Waals surface area contributed by atoms with Crippen LogP contribution in [0.15, 0.2) is 0 Å². The Hall–Kier alpha value is -0.200. The minimum Gasteiger partial charge on any atom is -0.379 e. The molecule has 1 heterocycles. The first-order valence-corrected chi connectivity index (χ1v) is 15.0. The van der Waals surface area contributed by atoms with Gasteiger partial charge >= 0.3 is 0 Å². The van der Waals surface area contributed by atoms with Crippen LogP contribution >= 0.6 is 0 Å². The van der Waals surface area contributed by atoms with Crippen molar-refractivity contribution in [2.75, 3.05) is 59.3 Å². The predicted molar refractivity (Wildman–Crippen MR) is 144 cm³/mol. The number of nitrogens with one attached hydrogen (secondary N) is 1. The summed E-state index contributed by atoms with van der Waals surface area (Å²) in [7, 11) is 0. The number of piperidine rings is 1. The summed E-state index contributed by atoms with van der Waals surface area (Å²) in [6, 6.07) is 0. The Morgan fingerprint density at radius 1 is 0.471 bits per heavy atom. The Labute approximate surface area is 212 Å². The number of ether oxygens (including phenoxy) is 4. The van der Waals surface area contributed by atoms with Crippen LogP contribution in [0, 0.1) is 0 Å². The van der Waals surface area contributed by atoms with Crippen LogP contribution in [0.5, 0.6) is 0 Å². The van der Waals surface area contributed by atoms with E-state index in [4.69, 9.17) is 18.9 Å². The normalized spacial score (nSPS) is 14.7. The smallest absolute Gasteiger partial charge is 0.0704 e. The van der Waals surface area contributed by atoms with E-state index in [1.807, 2.05) is 0 Å². The van der Waals surface area contributed by atoms with E-state index in [1.54, 1.807) is 0 Å². The highest BCUT2D eigenvalue weighted by atomic mass is 16.6. The van der Waals surface area contributed by atoms with Gasteiger partial charge in [0.1, 0.15) is 0 Å². The molecule has 0 spiro atoms. The van der Waals surface area contributed by atoms with E-state index in [0.29, 0.717) is 45.7 Å². The molecule has 0 aliphatic carbocycles. The Balaban J connectivity index is 1.61. The Morgan fingerprint density at radius 2 is 0.853 bits per heavy atom. The van der Waals surface area contributed by atoms with Gasteiger partial charge in [0.2, 0.25) is 0 Å². The summed E-state index contributed by atoms with van der Waals surface area (Å²) in [5.74, 6) is 0. The molecule has 0 unspecified atom stereocenters. The zero-order chi connectivity index (χ0) is 24.2. The van der Waals surface area contributed by atoms with Gasteiger partial charge in [0.25, 0.3) is 0 Å². The summed E-state index contributed by atoms with van der Waals surface area (Å²) in [5.41, 5.74) is 0. The fourth-order valence-electron chi connectivity index (χ4n) is 4.53. The minimum absolute atomic E-state index is 0.410. The van der Waals surface area contributed by atoms with Crippen molar-refractivity contribution in [2.45, 2.75) is 129 Å². The summed E-state index contributed by atoms with van der Waals surface area (Å²) in [5, 5.41) is 3.35. The average molecular weight is 486 g/mol. The zero-order valence-corrected chi connectivity index (χ0v) is 22.8. The molecule has 0 amide bonds. The minimum atomic E-state index is 0.410. The first-order chi connectivity index (χ1) is 16.9. The molecule has 0 bridgehead atoms. The molecule has 0 aromatic heterocycles. The molecule has 0 radical (unpaired) electrons. The molecule has 1 aliphatic rings. The maximum Gasteiger partial charge on any atom is 0.0704 e. The molecule has 0 aromatic rings. The van der Waals surface area contributed by atoms with Crippen molar-refractivity contribution in [2.24, 2.45) is 0 Å². The third-order valence-corrected chi connectivity index (χ3v) is 6.75. The van der Waals surface area contributed by atoms with Crippen molar-refractivity contribution < 1.29 is 18.9 Å². The molecule has 1 fully saturated rings. The van der Waals surface area contributed by atoms with E-state index < -0.39 is 0 Å². The van der Waals surface area contributed by atoms with Crippen LogP contribution < -0.4 is 5.32 Å². The van der Waals surface area contributed by atoms with Gasteiger partial charge in [-0.3, -0.25) is 0 Å². The Kier molecular flexibility index (Phi) is 25.6. The second-order valence-electron chi connectivity index (χ2n) is 9.96. The van der Waals surface area contributed by atoms with E-state index in [0.717, 1.165) is 32.5 Å². The quantitative estimate of drug-likeness (QED) is 0.126. The Bertz CT molecular complexity index is 377. The SMILES string of the molecule is CCCCCCCCCCCCCCCCCCOCCOCCOCCOC1CCNCC1. The van der Waals surface area contributed by atoms with E-state index >= 15 is 0 Å². The second-order valence-corrected chi connectivity index (χ2v) is 9.96. The maximum absolute atomic E-state index is 5.81. The molecule has 5 nitrogen and oxygen atoms in total. The van der Waals surface area contributed by atoms with Crippen molar-refractivity contribution in [1.29, 1.82) is 0 Å². The van der Waals surface area contributed by atoms with Gasteiger partial charge in [-0.15, -0.1) is 0 Å². The molecule has 1 N–H and O–H groups in total. The van der Waals surface area contributed by atoms with Crippen molar-refractivity contribution in [1.82, 2.24) is 5.32 Å². The fourth-order valence-corrected chi connectivity index (χ4v) is 4.53. The van der Waals surface area contributed by atoms with Crippen molar-refractivity contribution in [3.8, 4) is 0 Å². The van der Waals surface area contributed by atoms with Gasteiger partial charge in [0.15, 0.2) is 0 Å². The third-order valence-electron chi connectivity index (χ3n) is 6.75. The maximum atomic E-state index is 5.81. The van der Waals surface area contributed by atoms with Crippen LogP contribution in [0.25, 0.3) is 0 Å². The first-order valence-electron chi connectivity index (χ1n) is 15.0. The first kappa shape index (κ1) is 31.8. The average Bonchev–Trinajstić information content (AvgIpc) is 2.87. The van der Waals surface area contributed by atoms with Gasteiger partial charge in [-0.2, -0.15) is 0 Å². The van der Waals surface area contributed by atoms with Crippen LogP contribution in [-0.2, 0) is 18.9 Å². The summed E-state index contributed by atoms with van der Waals surface area (Å²) in [6.07, 6.45) is 25.1. The third kappa shape index (κ3) is 23.5. The molecule has 1 saturated heterocycles. The molecule has 5 heteroatoms. The number of hydrogen-bond donors (Lipinski definition) is 1. The molecule has 34 heavy (non-hydrogen) atoms. The van der Waals surface area contributed by atoms with Crippen molar-refractivity contribution in [3.63, 3.8) is 0 Å². The van der Waals surface area contributed by atoms with Crippen molar-refractivity contribution in [3.05, 3.63) is 0 Å². The van der Waals surface area contributed by atoms with Gasteiger partial charge in [-0.1, -0.05) is 103 Å². The molecule has 204 valence electrons. The molecule has 1 rings (SSSR count). The van der Waals surface area contributed by atoms with E-state index in [-0.39, 0.29) is 0 Å². The highest BCUT2D eigenvalue weighted by Gasteiger charge is 2.12. The predicted octanol–water partition coefficient (Wildman–Crippen LogP) is 7.07. The van der Waals surface area contributed by atoms with Crippen LogP contribution in [0.1, 0.15) is 122 Å². The largest absolute Gasteiger partial charge is 0.379 e. The summed E-state index contributed by atoms with van der Waals surface area (Å²) in [4.78, 5) is 0. The zero-order valence-electron chi connectivity index (χ0n) is 22.8. The lowest BCUT2D eigenvalue weighted by Crippen LogP contribution is -2.33. The van der Waals surface area contributed by atoms with Gasteiger partial charge in [-0.05, 0) is 32.4 Å². The van der Waals surface area contributed by atoms with E-state index in [2.05, 4.69) is 12.2 Å². The van der Waals surface area contributed by atoms with E-state index in [9.17, 15) is 0 Å². The summed E-state index contributed by atoms with van der Waals surface area (Å²) in [6.45, 7) is 9.26. The molecule has 1 aliphatic heterocycles. The molecular formula is C29H59NO4. The number of rotatable bonds is 27.